The summed E-state index contributed by atoms with van der Waals surface area (Å²) in [5, 5.41) is 18.3. The van der Waals surface area contributed by atoms with Crippen LogP contribution in [-0.2, 0) is 0 Å². The van der Waals surface area contributed by atoms with Crippen LogP contribution in [0.3, 0.4) is 0 Å². The Bertz CT molecular complexity index is 379. The van der Waals surface area contributed by atoms with Gasteiger partial charge >= 0.3 is 5.97 Å². The molecular weight excluding hydrogens is 216 g/mol. The third-order valence-corrected chi connectivity index (χ3v) is 2.52. The highest BCUT2D eigenvalue weighted by atomic mass is 16.4. The Labute approximate surface area is 101 Å². The second-order valence-electron chi connectivity index (χ2n) is 4.00. The number of rotatable bonds is 6. The third-order valence-electron chi connectivity index (χ3n) is 2.52. The van der Waals surface area contributed by atoms with E-state index in [1.807, 2.05) is 6.08 Å². The van der Waals surface area contributed by atoms with E-state index in [0.29, 0.717) is 0 Å². The summed E-state index contributed by atoms with van der Waals surface area (Å²) in [7, 11) is 0. The first kappa shape index (κ1) is 13.5. The van der Waals surface area contributed by atoms with Crippen LogP contribution in [0.4, 0.5) is 0 Å². The van der Waals surface area contributed by atoms with Crippen molar-refractivity contribution in [1.82, 2.24) is 0 Å². The lowest BCUT2D eigenvalue weighted by atomic mass is 10.1. The van der Waals surface area contributed by atoms with E-state index in [4.69, 9.17) is 5.11 Å². The molecule has 0 aromatic heterocycles. The summed E-state index contributed by atoms with van der Waals surface area (Å²) >= 11 is 0. The summed E-state index contributed by atoms with van der Waals surface area (Å²) in [6.45, 7) is 2.08. The summed E-state index contributed by atoms with van der Waals surface area (Å²) in [6.07, 6.45) is 5.97. The van der Waals surface area contributed by atoms with Gasteiger partial charge in [-0.15, -0.1) is 0 Å². The van der Waals surface area contributed by atoms with Crippen LogP contribution in [0, 0.1) is 0 Å². The molecule has 0 fully saturated rings. The molecule has 0 aliphatic rings. The van der Waals surface area contributed by atoms with E-state index in [1.54, 1.807) is 30.3 Å². The average Bonchev–Trinajstić information content (AvgIpc) is 2.34. The molecule has 1 aromatic rings. The monoisotopic (exact) mass is 234 g/mol. The summed E-state index contributed by atoms with van der Waals surface area (Å²) in [5.41, 5.74) is 1.17. The standard InChI is InChI=1S/C14H18O3/c1-2-3-4-13(15)10-7-11-5-8-12(9-6-11)14(16)17/h5-10,13,15H,2-4H2,1H3,(H,16,17)/b10-7+. The molecule has 0 spiro atoms. The van der Waals surface area contributed by atoms with E-state index in [-0.39, 0.29) is 5.56 Å². The molecule has 0 aliphatic carbocycles. The van der Waals surface area contributed by atoms with Crippen molar-refractivity contribution in [3.05, 3.63) is 41.5 Å². The van der Waals surface area contributed by atoms with E-state index < -0.39 is 12.1 Å². The summed E-state index contributed by atoms with van der Waals surface area (Å²) in [5.74, 6) is -0.927. The number of carbonyl (C=O) groups is 1. The molecule has 0 heterocycles. The first-order valence-corrected chi connectivity index (χ1v) is 5.83. The molecule has 0 radical (unpaired) electrons. The van der Waals surface area contributed by atoms with Gasteiger partial charge in [-0.05, 0) is 24.1 Å². The Hall–Kier alpha value is -1.61. The first-order chi connectivity index (χ1) is 8.13. The number of hydrogen-bond acceptors (Lipinski definition) is 2. The molecule has 17 heavy (non-hydrogen) atoms. The predicted octanol–water partition coefficient (Wildman–Crippen LogP) is 2.95. The van der Waals surface area contributed by atoms with Gasteiger partial charge < -0.3 is 10.2 Å². The number of aromatic carboxylic acids is 1. The summed E-state index contributed by atoms with van der Waals surface area (Å²) in [4.78, 5) is 10.6. The Morgan fingerprint density at radius 2 is 2.00 bits per heavy atom. The first-order valence-electron chi connectivity index (χ1n) is 5.83. The van der Waals surface area contributed by atoms with Gasteiger partial charge in [0.05, 0.1) is 11.7 Å². The molecule has 1 aromatic carbocycles. The quantitative estimate of drug-likeness (QED) is 0.795. The van der Waals surface area contributed by atoms with E-state index in [1.165, 1.54) is 0 Å². The van der Waals surface area contributed by atoms with Crippen LogP contribution in [0.15, 0.2) is 30.3 Å². The van der Waals surface area contributed by atoms with Gasteiger partial charge in [0.2, 0.25) is 0 Å². The van der Waals surface area contributed by atoms with Crippen LogP contribution in [0.2, 0.25) is 0 Å². The molecule has 3 heteroatoms. The van der Waals surface area contributed by atoms with Crippen LogP contribution < -0.4 is 0 Å². The predicted molar refractivity (Wildman–Crippen MR) is 68.0 cm³/mol. The number of hydrogen-bond donors (Lipinski definition) is 2. The van der Waals surface area contributed by atoms with Gasteiger partial charge in [0.1, 0.15) is 0 Å². The molecule has 1 rings (SSSR count). The number of carboxylic acids is 1. The lowest BCUT2D eigenvalue weighted by molar-refractivity contribution is 0.0697. The van der Waals surface area contributed by atoms with Gasteiger partial charge in [0, 0.05) is 0 Å². The maximum absolute atomic E-state index is 10.6. The van der Waals surface area contributed by atoms with Gasteiger partial charge in [-0.2, -0.15) is 0 Å². The van der Waals surface area contributed by atoms with Crippen molar-refractivity contribution in [2.75, 3.05) is 0 Å². The fourth-order valence-electron chi connectivity index (χ4n) is 1.47. The van der Waals surface area contributed by atoms with Crippen LogP contribution in [0.25, 0.3) is 6.08 Å². The highest BCUT2D eigenvalue weighted by molar-refractivity contribution is 5.87. The third kappa shape index (κ3) is 4.83. The minimum absolute atomic E-state index is 0.272. The zero-order valence-electron chi connectivity index (χ0n) is 9.97. The smallest absolute Gasteiger partial charge is 0.335 e. The van der Waals surface area contributed by atoms with Crippen molar-refractivity contribution >= 4 is 12.0 Å². The zero-order valence-corrected chi connectivity index (χ0v) is 9.97. The van der Waals surface area contributed by atoms with Crippen LogP contribution in [0.1, 0.15) is 42.1 Å². The van der Waals surface area contributed by atoms with E-state index in [2.05, 4.69) is 6.92 Å². The van der Waals surface area contributed by atoms with Gasteiger partial charge in [-0.25, -0.2) is 4.79 Å². The van der Waals surface area contributed by atoms with E-state index in [9.17, 15) is 9.90 Å². The van der Waals surface area contributed by atoms with Gasteiger partial charge in [-0.1, -0.05) is 44.1 Å². The Morgan fingerprint density at radius 1 is 1.35 bits per heavy atom. The fraction of sp³-hybridized carbons (Fsp3) is 0.357. The number of benzene rings is 1. The van der Waals surface area contributed by atoms with Crippen molar-refractivity contribution in [3.63, 3.8) is 0 Å². The van der Waals surface area contributed by atoms with Crippen molar-refractivity contribution in [2.24, 2.45) is 0 Å². The number of carboxylic acid groups (broad SMARTS) is 1. The van der Waals surface area contributed by atoms with Gasteiger partial charge in [-0.3, -0.25) is 0 Å². The number of aliphatic hydroxyl groups excluding tert-OH is 1. The molecule has 2 N–H and O–H groups in total. The maximum Gasteiger partial charge on any atom is 0.335 e. The lowest BCUT2D eigenvalue weighted by Crippen LogP contribution is -2.00. The maximum atomic E-state index is 10.6. The molecular formula is C14H18O3. The minimum Gasteiger partial charge on any atom is -0.478 e. The second kappa shape index (κ2) is 6.86. The fourth-order valence-corrected chi connectivity index (χ4v) is 1.47. The lowest BCUT2D eigenvalue weighted by Gasteiger charge is -2.03. The van der Waals surface area contributed by atoms with Gasteiger partial charge in [0.15, 0.2) is 0 Å². The molecule has 1 unspecified atom stereocenters. The molecule has 0 saturated carbocycles. The number of unbranched alkanes of at least 4 members (excludes halogenated alkanes) is 1. The largest absolute Gasteiger partial charge is 0.478 e. The molecule has 0 aliphatic heterocycles. The van der Waals surface area contributed by atoms with Crippen molar-refractivity contribution in [3.8, 4) is 0 Å². The van der Waals surface area contributed by atoms with Crippen molar-refractivity contribution in [1.29, 1.82) is 0 Å². The van der Waals surface area contributed by atoms with E-state index in [0.717, 1.165) is 24.8 Å². The normalized spacial score (nSPS) is 12.8. The highest BCUT2D eigenvalue weighted by Gasteiger charge is 2.01. The molecule has 0 bridgehead atoms. The Morgan fingerprint density at radius 3 is 2.53 bits per heavy atom. The Kier molecular flexibility index (Phi) is 5.43. The topological polar surface area (TPSA) is 57.5 Å². The minimum atomic E-state index is -0.927. The average molecular weight is 234 g/mol. The molecule has 92 valence electrons. The van der Waals surface area contributed by atoms with E-state index >= 15 is 0 Å². The van der Waals surface area contributed by atoms with Gasteiger partial charge in [0.25, 0.3) is 0 Å². The van der Waals surface area contributed by atoms with Crippen molar-refractivity contribution < 1.29 is 15.0 Å². The Balaban J connectivity index is 2.56. The summed E-state index contributed by atoms with van der Waals surface area (Å²) < 4.78 is 0. The molecule has 0 saturated heterocycles. The highest BCUT2D eigenvalue weighted by Crippen LogP contribution is 2.08. The van der Waals surface area contributed by atoms with Crippen LogP contribution in [0.5, 0.6) is 0 Å². The molecule has 3 nitrogen and oxygen atoms in total. The molecule has 0 amide bonds. The van der Waals surface area contributed by atoms with Crippen molar-refractivity contribution in [2.45, 2.75) is 32.3 Å². The number of aliphatic hydroxyl groups is 1. The summed E-state index contributed by atoms with van der Waals surface area (Å²) in [6, 6.07) is 6.57. The SMILES string of the molecule is CCCCC(O)/C=C/c1ccc(C(=O)O)cc1. The van der Waals surface area contributed by atoms with Crippen LogP contribution >= 0.6 is 0 Å². The molecule has 1 atom stereocenters. The zero-order chi connectivity index (χ0) is 12.7. The second-order valence-corrected chi connectivity index (χ2v) is 4.00. The van der Waals surface area contributed by atoms with Crippen LogP contribution in [-0.4, -0.2) is 22.3 Å².